The van der Waals surface area contributed by atoms with Gasteiger partial charge in [0.2, 0.25) is 5.91 Å². The molecule has 1 aromatic carbocycles. The highest BCUT2D eigenvalue weighted by Gasteiger charge is 2.01. The molecule has 0 aliphatic rings. The van der Waals surface area contributed by atoms with E-state index in [1.807, 2.05) is 37.3 Å². The first-order valence-electron chi connectivity index (χ1n) is 6.70. The normalized spacial score (nSPS) is 10.8. The van der Waals surface area contributed by atoms with Gasteiger partial charge in [0.05, 0.1) is 0 Å². The van der Waals surface area contributed by atoms with Crippen molar-refractivity contribution in [3.05, 3.63) is 48.6 Å². The summed E-state index contributed by atoms with van der Waals surface area (Å²) in [4.78, 5) is 15.9. The second-order valence-electron chi connectivity index (χ2n) is 4.13. The number of amides is 1. The van der Waals surface area contributed by atoms with Gasteiger partial charge in [-0.05, 0) is 12.5 Å². The number of hydrogen-bond acceptors (Lipinski definition) is 2. The minimum atomic E-state index is -0.107. The number of benzene rings is 1. The summed E-state index contributed by atoms with van der Waals surface area (Å²) in [6, 6.07) is 9.78. The number of carbonyl (C=O) groups is 1. The molecular weight excluding hydrogens is 252 g/mol. The van der Waals surface area contributed by atoms with Crippen LogP contribution in [0.2, 0.25) is 0 Å². The van der Waals surface area contributed by atoms with Crippen LogP contribution in [-0.2, 0) is 11.3 Å². The van der Waals surface area contributed by atoms with Gasteiger partial charge in [0, 0.05) is 19.6 Å². The topological polar surface area (TPSA) is 65.5 Å². The van der Waals surface area contributed by atoms with E-state index >= 15 is 0 Å². The van der Waals surface area contributed by atoms with E-state index in [0.717, 1.165) is 12.1 Å². The van der Waals surface area contributed by atoms with Gasteiger partial charge in [0.15, 0.2) is 5.96 Å². The molecule has 0 heterocycles. The molecule has 0 spiro atoms. The molecule has 5 nitrogen and oxygen atoms in total. The number of aliphatic imine (C=N–C) groups is 1. The molecule has 0 bridgehead atoms. The molecular formula is C15H22N4O. The molecule has 0 saturated carbocycles. The molecule has 0 aliphatic carbocycles. The van der Waals surface area contributed by atoms with Crippen LogP contribution in [0.15, 0.2) is 48.0 Å². The Morgan fingerprint density at radius 1 is 1.25 bits per heavy atom. The lowest BCUT2D eigenvalue weighted by Gasteiger charge is -2.09. The Hall–Kier alpha value is -2.30. The molecule has 0 aromatic heterocycles. The average Bonchev–Trinajstić information content (AvgIpc) is 2.49. The number of nitrogens with one attached hydrogen (secondary N) is 3. The van der Waals surface area contributed by atoms with Gasteiger partial charge in [-0.3, -0.25) is 4.79 Å². The van der Waals surface area contributed by atoms with E-state index in [1.165, 1.54) is 0 Å². The van der Waals surface area contributed by atoms with E-state index in [1.54, 1.807) is 6.08 Å². The van der Waals surface area contributed by atoms with Crippen molar-refractivity contribution in [3.63, 3.8) is 0 Å². The van der Waals surface area contributed by atoms with Crippen molar-refractivity contribution in [1.29, 1.82) is 0 Å². The smallest absolute Gasteiger partial charge is 0.242 e. The Bertz CT molecular complexity index is 442. The van der Waals surface area contributed by atoms with Crippen LogP contribution in [0.4, 0.5) is 0 Å². The average molecular weight is 274 g/mol. The quantitative estimate of drug-likeness (QED) is 0.395. The van der Waals surface area contributed by atoms with Crippen LogP contribution in [0.5, 0.6) is 0 Å². The van der Waals surface area contributed by atoms with E-state index in [-0.39, 0.29) is 12.5 Å². The number of hydrogen-bond donors (Lipinski definition) is 3. The summed E-state index contributed by atoms with van der Waals surface area (Å²) in [5, 5.41) is 8.93. The maximum atomic E-state index is 11.7. The van der Waals surface area contributed by atoms with Crippen molar-refractivity contribution in [2.45, 2.75) is 13.5 Å². The molecule has 1 amide bonds. The fraction of sp³-hybridized carbons (Fsp3) is 0.333. The lowest BCUT2D eigenvalue weighted by atomic mass is 10.2. The molecule has 3 N–H and O–H groups in total. The second kappa shape index (κ2) is 9.61. The summed E-state index contributed by atoms with van der Waals surface area (Å²) in [7, 11) is 0. The summed E-state index contributed by atoms with van der Waals surface area (Å²) >= 11 is 0. The van der Waals surface area contributed by atoms with Gasteiger partial charge in [-0.2, -0.15) is 0 Å². The van der Waals surface area contributed by atoms with Crippen LogP contribution in [0.3, 0.4) is 0 Å². The first-order chi connectivity index (χ1) is 9.76. The molecule has 0 atom stereocenters. The molecule has 1 aromatic rings. The van der Waals surface area contributed by atoms with Crippen LogP contribution in [0.25, 0.3) is 0 Å². The van der Waals surface area contributed by atoms with Gasteiger partial charge in [-0.1, -0.05) is 36.4 Å². The SMILES string of the molecule is C=CCNC(=NCC(=O)NCc1ccccc1)NCC. The predicted octanol–water partition coefficient (Wildman–Crippen LogP) is 1.04. The van der Waals surface area contributed by atoms with Crippen LogP contribution in [0.1, 0.15) is 12.5 Å². The molecule has 0 unspecified atom stereocenters. The van der Waals surface area contributed by atoms with E-state index in [9.17, 15) is 4.79 Å². The van der Waals surface area contributed by atoms with Crippen molar-refractivity contribution in [3.8, 4) is 0 Å². The molecule has 0 saturated heterocycles. The van der Waals surface area contributed by atoms with Gasteiger partial charge in [0.1, 0.15) is 6.54 Å². The van der Waals surface area contributed by atoms with E-state index in [0.29, 0.717) is 19.0 Å². The molecule has 0 radical (unpaired) electrons. The second-order valence-corrected chi connectivity index (χ2v) is 4.13. The van der Waals surface area contributed by atoms with E-state index in [4.69, 9.17) is 0 Å². The highest BCUT2D eigenvalue weighted by atomic mass is 16.1. The molecule has 108 valence electrons. The fourth-order valence-corrected chi connectivity index (χ4v) is 1.51. The van der Waals surface area contributed by atoms with Crippen molar-refractivity contribution in [2.24, 2.45) is 4.99 Å². The van der Waals surface area contributed by atoms with Gasteiger partial charge in [-0.15, -0.1) is 6.58 Å². The first-order valence-corrected chi connectivity index (χ1v) is 6.70. The molecule has 5 heteroatoms. The zero-order chi connectivity index (χ0) is 14.6. The summed E-state index contributed by atoms with van der Waals surface area (Å²) in [5.41, 5.74) is 1.07. The van der Waals surface area contributed by atoms with E-state index in [2.05, 4.69) is 27.5 Å². The standard InChI is InChI=1S/C15H22N4O/c1-3-10-17-15(16-4-2)19-12-14(20)18-11-13-8-6-5-7-9-13/h3,5-9H,1,4,10-12H2,2H3,(H,18,20)(H2,16,17,19). The maximum absolute atomic E-state index is 11.7. The van der Waals surface area contributed by atoms with Crippen LogP contribution < -0.4 is 16.0 Å². The number of guanidine groups is 1. The molecule has 1 rings (SSSR count). The zero-order valence-electron chi connectivity index (χ0n) is 11.9. The fourth-order valence-electron chi connectivity index (χ4n) is 1.51. The number of carbonyl (C=O) groups excluding carboxylic acids is 1. The first kappa shape index (κ1) is 15.8. The van der Waals surface area contributed by atoms with Crippen molar-refractivity contribution in [2.75, 3.05) is 19.6 Å². The summed E-state index contributed by atoms with van der Waals surface area (Å²) in [6.45, 7) is 7.57. The largest absolute Gasteiger partial charge is 0.357 e. The van der Waals surface area contributed by atoms with E-state index < -0.39 is 0 Å². The van der Waals surface area contributed by atoms with Gasteiger partial charge < -0.3 is 16.0 Å². The third-order valence-corrected chi connectivity index (χ3v) is 2.47. The number of nitrogens with zero attached hydrogens (tertiary/aromatic N) is 1. The van der Waals surface area contributed by atoms with Gasteiger partial charge in [0.25, 0.3) is 0 Å². The van der Waals surface area contributed by atoms with Crippen LogP contribution >= 0.6 is 0 Å². The predicted molar refractivity (Wildman–Crippen MR) is 82.5 cm³/mol. The Balaban J connectivity index is 2.37. The van der Waals surface area contributed by atoms with Crippen molar-refractivity contribution < 1.29 is 4.79 Å². The zero-order valence-corrected chi connectivity index (χ0v) is 11.9. The molecule has 0 fully saturated rings. The highest BCUT2D eigenvalue weighted by molar-refractivity contribution is 5.84. The summed E-state index contributed by atoms with van der Waals surface area (Å²) < 4.78 is 0. The van der Waals surface area contributed by atoms with Crippen LogP contribution in [-0.4, -0.2) is 31.5 Å². The maximum Gasteiger partial charge on any atom is 0.242 e. The lowest BCUT2D eigenvalue weighted by Crippen LogP contribution is -2.38. The van der Waals surface area contributed by atoms with Gasteiger partial charge >= 0.3 is 0 Å². The third kappa shape index (κ3) is 6.58. The Morgan fingerprint density at radius 2 is 2.00 bits per heavy atom. The van der Waals surface area contributed by atoms with Crippen molar-refractivity contribution >= 4 is 11.9 Å². The van der Waals surface area contributed by atoms with Crippen molar-refractivity contribution in [1.82, 2.24) is 16.0 Å². The monoisotopic (exact) mass is 274 g/mol. The van der Waals surface area contributed by atoms with Crippen LogP contribution in [0, 0.1) is 0 Å². The minimum absolute atomic E-state index is 0.0965. The Morgan fingerprint density at radius 3 is 2.65 bits per heavy atom. The third-order valence-electron chi connectivity index (χ3n) is 2.47. The Kier molecular flexibility index (Phi) is 7.57. The minimum Gasteiger partial charge on any atom is -0.357 e. The summed E-state index contributed by atoms with van der Waals surface area (Å²) in [5.74, 6) is 0.506. The van der Waals surface area contributed by atoms with Gasteiger partial charge in [-0.25, -0.2) is 4.99 Å². The summed E-state index contributed by atoms with van der Waals surface area (Å²) in [6.07, 6.45) is 1.74. The lowest BCUT2D eigenvalue weighted by molar-refractivity contribution is -0.119. The number of rotatable bonds is 7. The highest BCUT2D eigenvalue weighted by Crippen LogP contribution is 1.96. The Labute approximate surface area is 120 Å². The molecule has 20 heavy (non-hydrogen) atoms. The molecule has 0 aliphatic heterocycles.